The molecule has 0 aromatic heterocycles. The summed E-state index contributed by atoms with van der Waals surface area (Å²) in [6.45, 7) is 6.44. The highest BCUT2D eigenvalue weighted by atomic mass is 16.8. The Kier molecular flexibility index (Phi) is 2.74. The number of esters is 1. The van der Waals surface area contributed by atoms with Crippen LogP contribution >= 0.6 is 0 Å². The van der Waals surface area contributed by atoms with Crippen LogP contribution in [0.5, 0.6) is 0 Å². The van der Waals surface area contributed by atoms with E-state index in [-0.39, 0.29) is 17.5 Å². The summed E-state index contributed by atoms with van der Waals surface area (Å²) in [5.41, 5.74) is 0.477. The zero-order valence-corrected chi connectivity index (χ0v) is 15.6. The Morgan fingerprint density at radius 3 is 2.72 bits per heavy atom. The fourth-order valence-corrected chi connectivity index (χ4v) is 8.24. The maximum absolute atomic E-state index is 11.7. The van der Waals surface area contributed by atoms with Gasteiger partial charge in [-0.3, -0.25) is 4.79 Å². The average molecular weight is 346 g/mol. The summed E-state index contributed by atoms with van der Waals surface area (Å²) in [6.07, 6.45) is 10.1. The molecule has 0 amide bonds. The standard InChI is InChI=1S/C21H30O4/c1-11(22)24-21-18(25-21)9-15-13-5-4-12-8-16-17(23-16)10-19(12,2)14(13)6-7-20(15,21)3/h12-18H,4-10H2,1-3H3/t12-,13+,14-,15-,16-,17+,18+,19-,20-,21+/m0/s1. The molecule has 4 nitrogen and oxygen atoms in total. The molecule has 6 rings (SSSR count). The van der Waals surface area contributed by atoms with Crippen molar-refractivity contribution < 1.29 is 19.0 Å². The van der Waals surface area contributed by atoms with Crippen LogP contribution in [0.2, 0.25) is 0 Å². The van der Waals surface area contributed by atoms with Crippen molar-refractivity contribution in [3.05, 3.63) is 0 Å². The molecule has 0 spiro atoms. The minimum Gasteiger partial charge on any atom is -0.430 e. The fraction of sp³-hybridized carbons (Fsp3) is 0.952. The minimum absolute atomic E-state index is 0.0149. The molecule has 2 heterocycles. The van der Waals surface area contributed by atoms with Gasteiger partial charge in [-0.2, -0.15) is 0 Å². The van der Waals surface area contributed by atoms with E-state index in [0.29, 0.717) is 23.5 Å². The Labute approximate surface area is 150 Å². The Hall–Kier alpha value is -0.610. The molecule has 0 aromatic rings. The highest BCUT2D eigenvalue weighted by Crippen LogP contribution is 2.74. The van der Waals surface area contributed by atoms with Crippen LogP contribution in [-0.2, 0) is 19.0 Å². The van der Waals surface area contributed by atoms with Crippen LogP contribution in [0.1, 0.15) is 65.7 Å². The van der Waals surface area contributed by atoms with Crippen LogP contribution in [-0.4, -0.2) is 30.1 Å². The van der Waals surface area contributed by atoms with Gasteiger partial charge < -0.3 is 14.2 Å². The third kappa shape index (κ3) is 1.74. The van der Waals surface area contributed by atoms with Gasteiger partial charge in [0.25, 0.3) is 0 Å². The second-order valence-electron chi connectivity index (χ2n) is 10.4. The third-order valence-electron chi connectivity index (χ3n) is 9.54. The van der Waals surface area contributed by atoms with Crippen molar-refractivity contribution in [3.63, 3.8) is 0 Å². The molecule has 2 aliphatic heterocycles. The lowest BCUT2D eigenvalue weighted by Crippen LogP contribution is -2.56. The summed E-state index contributed by atoms with van der Waals surface area (Å²) in [5, 5.41) is 0. The van der Waals surface area contributed by atoms with Gasteiger partial charge in [0.15, 0.2) is 0 Å². The molecule has 25 heavy (non-hydrogen) atoms. The number of fused-ring (bicyclic) bond motifs is 8. The van der Waals surface area contributed by atoms with Gasteiger partial charge in [-0.25, -0.2) is 0 Å². The Morgan fingerprint density at radius 2 is 1.92 bits per heavy atom. The van der Waals surface area contributed by atoms with Crippen LogP contribution in [0, 0.1) is 34.5 Å². The summed E-state index contributed by atoms with van der Waals surface area (Å²) in [6, 6.07) is 0. The van der Waals surface area contributed by atoms with Gasteiger partial charge in [-0.15, -0.1) is 0 Å². The van der Waals surface area contributed by atoms with E-state index in [9.17, 15) is 4.79 Å². The van der Waals surface area contributed by atoms with E-state index >= 15 is 0 Å². The molecule has 0 bridgehead atoms. The Morgan fingerprint density at radius 1 is 1.08 bits per heavy atom. The van der Waals surface area contributed by atoms with Crippen molar-refractivity contribution in [2.24, 2.45) is 34.5 Å². The van der Waals surface area contributed by atoms with E-state index in [1.807, 2.05) is 0 Å². The second-order valence-corrected chi connectivity index (χ2v) is 10.4. The summed E-state index contributed by atoms with van der Waals surface area (Å²) in [5.74, 6) is 2.33. The highest BCUT2D eigenvalue weighted by molar-refractivity contribution is 5.67. The summed E-state index contributed by atoms with van der Waals surface area (Å²) < 4.78 is 17.7. The van der Waals surface area contributed by atoms with Gasteiger partial charge in [0, 0.05) is 12.3 Å². The predicted octanol–water partition coefficient (Wildman–Crippen LogP) is 3.67. The van der Waals surface area contributed by atoms with Crippen LogP contribution < -0.4 is 0 Å². The van der Waals surface area contributed by atoms with Crippen LogP contribution in [0.4, 0.5) is 0 Å². The van der Waals surface area contributed by atoms with Gasteiger partial charge in [-0.1, -0.05) is 13.8 Å². The molecular formula is C21H30O4. The van der Waals surface area contributed by atoms with Crippen LogP contribution in [0.25, 0.3) is 0 Å². The molecule has 6 fully saturated rings. The predicted molar refractivity (Wildman–Crippen MR) is 90.5 cm³/mol. The van der Waals surface area contributed by atoms with E-state index in [2.05, 4.69) is 13.8 Å². The Bertz CT molecular complexity index is 648. The van der Waals surface area contributed by atoms with Crippen molar-refractivity contribution in [2.45, 2.75) is 89.8 Å². The summed E-state index contributed by atoms with van der Waals surface area (Å²) in [4.78, 5) is 11.7. The van der Waals surface area contributed by atoms with E-state index in [0.717, 1.165) is 30.6 Å². The first-order valence-electron chi connectivity index (χ1n) is 10.4. The second kappa shape index (κ2) is 4.44. The molecule has 0 unspecified atom stereocenters. The molecule has 4 heteroatoms. The van der Waals surface area contributed by atoms with Crippen molar-refractivity contribution >= 4 is 5.97 Å². The van der Waals surface area contributed by atoms with Crippen molar-refractivity contribution in [1.29, 1.82) is 0 Å². The van der Waals surface area contributed by atoms with Crippen molar-refractivity contribution in [1.82, 2.24) is 0 Å². The van der Waals surface area contributed by atoms with Gasteiger partial charge in [0.1, 0.15) is 6.10 Å². The number of carbonyl (C=O) groups excluding carboxylic acids is 1. The van der Waals surface area contributed by atoms with Gasteiger partial charge in [-0.05, 0) is 74.0 Å². The molecule has 6 aliphatic rings. The van der Waals surface area contributed by atoms with E-state index < -0.39 is 5.79 Å². The molecule has 4 saturated carbocycles. The zero-order valence-electron chi connectivity index (χ0n) is 15.6. The highest BCUT2D eigenvalue weighted by Gasteiger charge is 2.80. The number of hydrogen-bond acceptors (Lipinski definition) is 4. The number of carbonyl (C=O) groups is 1. The first-order valence-corrected chi connectivity index (χ1v) is 10.4. The molecule has 0 radical (unpaired) electrons. The Balaban J connectivity index is 1.32. The fourth-order valence-electron chi connectivity index (χ4n) is 8.24. The van der Waals surface area contributed by atoms with Gasteiger partial charge in [0.2, 0.25) is 5.79 Å². The quantitative estimate of drug-likeness (QED) is 0.537. The molecule has 0 N–H and O–H groups in total. The van der Waals surface area contributed by atoms with Crippen LogP contribution in [0.15, 0.2) is 0 Å². The van der Waals surface area contributed by atoms with E-state index in [4.69, 9.17) is 14.2 Å². The summed E-state index contributed by atoms with van der Waals surface area (Å²) in [7, 11) is 0. The normalized spacial score (nSPS) is 63.4. The van der Waals surface area contributed by atoms with Gasteiger partial charge in [0.05, 0.1) is 12.2 Å². The lowest BCUT2D eigenvalue weighted by Gasteiger charge is -2.60. The topological polar surface area (TPSA) is 51.4 Å². The van der Waals surface area contributed by atoms with E-state index in [1.165, 1.54) is 39.0 Å². The molecule has 2 saturated heterocycles. The van der Waals surface area contributed by atoms with Crippen molar-refractivity contribution in [2.75, 3.05) is 0 Å². The maximum atomic E-state index is 11.7. The first-order chi connectivity index (χ1) is 11.9. The number of rotatable bonds is 1. The molecular weight excluding hydrogens is 316 g/mol. The van der Waals surface area contributed by atoms with Gasteiger partial charge >= 0.3 is 5.97 Å². The molecule has 4 aliphatic carbocycles. The average Bonchev–Trinajstić information content (AvgIpc) is 3.42. The maximum Gasteiger partial charge on any atom is 0.305 e. The molecule has 10 atom stereocenters. The first kappa shape index (κ1) is 15.4. The lowest BCUT2D eigenvalue weighted by atomic mass is 9.45. The van der Waals surface area contributed by atoms with E-state index in [1.54, 1.807) is 0 Å². The van der Waals surface area contributed by atoms with Crippen LogP contribution in [0.3, 0.4) is 0 Å². The number of hydrogen-bond donors (Lipinski definition) is 0. The molecule has 0 aromatic carbocycles. The zero-order chi connectivity index (χ0) is 17.2. The third-order valence-corrected chi connectivity index (χ3v) is 9.54. The monoisotopic (exact) mass is 346 g/mol. The summed E-state index contributed by atoms with van der Waals surface area (Å²) >= 11 is 0. The SMILES string of the molecule is CC(=O)O[C@@]12O[C@@H]1C[C@H]1[C@@H]3CC[C@H]4C[C@@H]5O[C@@H]5C[C@]4(C)[C@H]3CC[C@@]12C. The lowest BCUT2D eigenvalue weighted by molar-refractivity contribution is -0.198. The van der Waals surface area contributed by atoms with Crippen molar-refractivity contribution in [3.8, 4) is 0 Å². The minimum atomic E-state index is -0.594. The number of epoxide rings is 2. The largest absolute Gasteiger partial charge is 0.430 e. The molecule has 138 valence electrons. The smallest absolute Gasteiger partial charge is 0.305 e. The number of ether oxygens (including phenoxy) is 3.